The summed E-state index contributed by atoms with van der Waals surface area (Å²) >= 11 is 1.03. The molecule has 0 saturated heterocycles. The van der Waals surface area contributed by atoms with Crippen molar-refractivity contribution in [3.63, 3.8) is 0 Å². The number of nitrogens with zero attached hydrogens (tertiary/aromatic N) is 3. The van der Waals surface area contributed by atoms with Gasteiger partial charge in [-0.3, -0.25) is 0 Å². The van der Waals surface area contributed by atoms with E-state index in [0.29, 0.717) is 18.1 Å². The van der Waals surface area contributed by atoms with Crippen LogP contribution in [0.15, 0.2) is 4.90 Å². The molecule has 0 radical (unpaired) electrons. The molecular weight excluding hydrogens is 300 g/mol. The number of rotatable bonds is 6. The first-order valence-electron chi connectivity index (χ1n) is 6.15. The zero-order valence-electron chi connectivity index (χ0n) is 12.4. The van der Waals surface area contributed by atoms with Crippen molar-refractivity contribution >= 4 is 32.4 Å². The Labute approximate surface area is 124 Å². The fourth-order valence-electron chi connectivity index (χ4n) is 1.71. The lowest BCUT2D eigenvalue weighted by Gasteiger charge is -2.29. The average molecular weight is 322 g/mol. The maximum atomic E-state index is 12.3. The molecule has 20 heavy (non-hydrogen) atoms. The number of anilines is 2. The van der Waals surface area contributed by atoms with Gasteiger partial charge >= 0.3 is 0 Å². The number of sulfonamides is 1. The topological polar surface area (TPSA) is 99.8 Å². The first kappa shape index (κ1) is 17.2. The smallest absolute Gasteiger partial charge is 0.249 e. The van der Waals surface area contributed by atoms with Crippen LogP contribution in [0, 0.1) is 0 Å². The van der Waals surface area contributed by atoms with Crippen LogP contribution in [0.25, 0.3) is 0 Å². The number of hydrogen-bond acceptors (Lipinski definition) is 7. The fraction of sp³-hybridized carbons (Fsp3) is 0.727. The summed E-state index contributed by atoms with van der Waals surface area (Å²) in [5, 5.41) is 10.4. The van der Waals surface area contributed by atoms with E-state index in [1.807, 2.05) is 6.92 Å². The van der Waals surface area contributed by atoms with Crippen molar-refractivity contribution in [2.45, 2.75) is 31.3 Å². The van der Waals surface area contributed by atoms with Gasteiger partial charge in [0.05, 0.1) is 5.60 Å². The Hall–Kier alpha value is -0.900. The SMILES string of the molecule is CCN(CC(C)(C)O)c1snc(N)c1S(=O)(=O)N(C)C. The number of aromatic nitrogens is 1. The molecule has 0 spiro atoms. The minimum absolute atomic E-state index is 0.00658. The van der Waals surface area contributed by atoms with Gasteiger partial charge in [-0.1, -0.05) is 0 Å². The molecule has 1 rings (SSSR count). The molecule has 3 N–H and O–H groups in total. The third-order valence-corrected chi connectivity index (χ3v) is 5.58. The average Bonchev–Trinajstić information content (AvgIpc) is 2.67. The second-order valence-electron chi connectivity index (χ2n) is 5.32. The van der Waals surface area contributed by atoms with Gasteiger partial charge in [0.25, 0.3) is 0 Å². The molecule has 0 aromatic carbocycles. The van der Waals surface area contributed by atoms with Gasteiger partial charge in [0.1, 0.15) is 5.00 Å². The van der Waals surface area contributed by atoms with E-state index in [4.69, 9.17) is 5.73 Å². The standard InChI is InChI=1S/C11H22N4O3S2/c1-6-15(7-11(2,3)16)10-8(9(12)13-19-10)20(17,18)14(4)5/h16H,6-7H2,1-5H3,(H2,12,13). The van der Waals surface area contributed by atoms with Crippen LogP contribution in [0.5, 0.6) is 0 Å². The summed E-state index contributed by atoms with van der Waals surface area (Å²) < 4.78 is 29.7. The molecule has 0 aliphatic carbocycles. The number of hydrogen-bond donors (Lipinski definition) is 2. The molecule has 7 nitrogen and oxygen atoms in total. The minimum Gasteiger partial charge on any atom is -0.389 e. The molecule has 0 amide bonds. The van der Waals surface area contributed by atoms with Crippen molar-refractivity contribution in [1.82, 2.24) is 8.68 Å². The monoisotopic (exact) mass is 322 g/mol. The molecule has 1 aromatic rings. The molecular formula is C11H22N4O3S2. The number of likely N-dealkylation sites (N-methyl/N-ethyl adjacent to an activating group) is 1. The second-order valence-corrected chi connectivity index (χ2v) is 8.16. The molecule has 0 aliphatic rings. The summed E-state index contributed by atoms with van der Waals surface area (Å²) in [6.07, 6.45) is 0. The first-order chi connectivity index (χ1) is 9.00. The highest BCUT2D eigenvalue weighted by Crippen LogP contribution is 2.36. The van der Waals surface area contributed by atoms with Crippen LogP contribution in [0.2, 0.25) is 0 Å². The lowest BCUT2D eigenvalue weighted by molar-refractivity contribution is 0.0876. The van der Waals surface area contributed by atoms with Crippen LogP contribution in [-0.2, 0) is 10.0 Å². The molecule has 0 atom stereocenters. The summed E-state index contributed by atoms with van der Waals surface area (Å²) in [6.45, 7) is 6.05. The fourth-order valence-corrected chi connectivity index (χ4v) is 3.99. The van der Waals surface area contributed by atoms with Crippen molar-refractivity contribution in [1.29, 1.82) is 0 Å². The van der Waals surface area contributed by atoms with Crippen LogP contribution in [-0.4, -0.2) is 55.0 Å². The minimum atomic E-state index is -3.67. The van der Waals surface area contributed by atoms with Gasteiger partial charge in [-0.25, -0.2) is 12.7 Å². The summed E-state index contributed by atoms with van der Waals surface area (Å²) in [6, 6.07) is 0. The predicted molar refractivity (Wildman–Crippen MR) is 81.6 cm³/mol. The summed E-state index contributed by atoms with van der Waals surface area (Å²) in [7, 11) is -0.779. The predicted octanol–water partition coefficient (Wildman–Crippen LogP) is 0.573. The van der Waals surface area contributed by atoms with Crippen molar-refractivity contribution in [2.75, 3.05) is 37.8 Å². The first-order valence-corrected chi connectivity index (χ1v) is 8.37. The molecule has 1 aromatic heterocycles. The quantitative estimate of drug-likeness (QED) is 0.794. The van der Waals surface area contributed by atoms with Crippen LogP contribution in [0.1, 0.15) is 20.8 Å². The third-order valence-electron chi connectivity index (χ3n) is 2.64. The van der Waals surface area contributed by atoms with E-state index in [2.05, 4.69) is 4.37 Å². The van der Waals surface area contributed by atoms with Gasteiger partial charge in [0, 0.05) is 27.2 Å². The molecule has 0 saturated carbocycles. The second kappa shape index (κ2) is 5.84. The van der Waals surface area contributed by atoms with E-state index >= 15 is 0 Å². The van der Waals surface area contributed by atoms with Gasteiger partial charge in [-0.05, 0) is 32.3 Å². The highest BCUT2D eigenvalue weighted by molar-refractivity contribution is 7.89. The molecule has 0 fully saturated rings. The van der Waals surface area contributed by atoms with Crippen LogP contribution < -0.4 is 10.6 Å². The zero-order valence-corrected chi connectivity index (χ0v) is 14.0. The van der Waals surface area contributed by atoms with E-state index in [0.717, 1.165) is 15.8 Å². The summed E-state index contributed by atoms with van der Waals surface area (Å²) in [5.74, 6) is -0.00658. The van der Waals surface area contributed by atoms with Gasteiger partial charge in [-0.2, -0.15) is 4.37 Å². The van der Waals surface area contributed by atoms with Crippen molar-refractivity contribution in [3.05, 3.63) is 0 Å². The Morgan fingerprint density at radius 2 is 1.95 bits per heavy atom. The van der Waals surface area contributed by atoms with E-state index in [1.54, 1.807) is 18.7 Å². The van der Waals surface area contributed by atoms with Crippen LogP contribution >= 0.6 is 11.5 Å². The highest BCUT2D eigenvalue weighted by Gasteiger charge is 2.31. The van der Waals surface area contributed by atoms with E-state index in [1.165, 1.54) is 14.1 Å². The Bertz CT molecular complexity index is 561. The van der Waals surface area contributed by atoms with Gasteiger partial charge < -0.3 is 15.7 Å². The summed E-state index contributed by atoms with van der Waals surface area (Å²) in [5.41, 5.74) is 4.78. The van der Waals surface area contributed by atoms with Crippen molar-refractivity contribution < 1.29 is 13.5 Å². The van der Waals surface area contributed by atoms with Gasteiger partial charge in [0.2, 0.25) is 10.0 Å². The maximum absolute atomic E-state index is 12.3. The maximum Gasteiger partial charge on any atom is 0.249 e. The van der Waals surface area contributed by atoms with Crippen LogP contribution in [0.3, 0.4) is 0 Å². The summed E-state index contributed by atoms with van der Waals surface area (Å²) in [4.78, 5) is 1.78. The molecule has 0 bridgehead atoms. The molecule has 0 aliphatic heterocycles. The van der Waals surface area contributed by atoms with Gasteiger partial charge in [-0.15, -0.1) is 0 Å². The molecule has 9 heteroatoms. The Balaban J connectivity index is 3.34. The lowest BCUT2D eigenvalue weighted by atomic mass is 10.1. The third kappa shape index (κ3) is 3.60. The normalized spacial score (nSPS) is 12.9. The number of nitrogen functional groups attached to an aromatic ring is 1. The molecule has 0 unspecified atom stereocenters. The Morgan fingerprint density at radius 1 is 1.40 bits per heavy atom. The van der Waals surface area contributed by atoms with E-state index in [-0.39, 0.29) is 10.7 Å². The largest absolute Gasteiger partial charge is 0.389 e. The zero-order chi connectivity index (χ0) is 15.7. The number of nitrogens with two attached hydrogens (primary N) is 1. The van der Waals surface area contributed by atoms with Crippen molar-refractivity contribution in [2.24, 2.45) is 0 Å². The van der Waals surface area contributed by atoms with Crippen LogP contribution in [0.4, 0.5) is 10.8 Å². The lowest BCUT2D eigenvalue weighted by Crippen LogP contribution is -2.39. The molecule has 116 valence electrons. The van der Waals surface area contributed by atoms with E-state index < -0.39 is 15.6 Å². The highest BCUT2D eigenvalue weighted by atomic mass is 32.2. The number of aliphatic hydroxyl groups is 1. The Morgan fingerprint density at radius 3 is 2.35 bits per heavy atom. The van der Waals surface area contributed by atoms with E-state index in [9.17, 15) is 13.5 Å². The van der Waals surface area contributed by atoms with Gasteiger partial charge in [0.15, 0.2) is 10.7 Å². The molecule has 1 heterocycles. The van der Waals surface area contributed by atoms with Crippen molar-refractivity contribution in [3.8, 4) is 0 Å². The Kier molecular flexibility index (Phi) is 5.01.